The Morgan fingerprint density at radius 2 is 2.00 bits per heavy atom. The van der Waals surface area contributed by atoms with Crippen LogP contribution in [0.1, 0.15) is 40.0 Å². The second-order valence-corrected chi connectivity index (χ2v) is 6.33. The van der Waals surface area contributed by atoms with E-state index in [0.29, 0.717) is 18.8 Å². The van der Waals surface area contributed by atoms with Crippen molar-refractivity contribution in [1.82, 2.24) is 4.72 Å². The fourth-order valence-electron chi connectivity index (χ4n) is 1.24. The van der Waals surface area contributed by atoms with Gasteiger partial charge in [-0.25, -0.2) is 13.1 Å². The maximum absolute atomic E-state index is 11.7. The van der Waals surface area contributed by atoms with Crippen LogP contribution in [-0.4, -0.2) is 26.0 Å². The Morgan fingerprint density at radius 1 is 1.44 bits per heavy atom. The van der Waals surface area contributed by atoms with E-state index in [0.717, 1.165) is 0 Å². The molecule has 1 atom stereocenters. The SMILES string of the molecule is CCC(CC(=N)N)NS(=O)(=O)CCC(C)C. The van der Waals surface area contributed by atoms with Gasteiger partial charge in [0, 0.05) is 12.5 Å². The number of nitrogens with two attached hydrogens (primary N) is 1. The van der Waals surface area contributed by atoms with Gasteiger partial charge in [0.1, 0.15) is 0 Å². The molecule has 0 aliphatic heterocycles. The zero-order valence-corrected chi connectivity index (χ0v) is 11.1. The molecule has 1 unspecified atom stereocenters. The molecule has 0 bridgehead atoms. The van der Waals surface area contributed by atoms with Gasteiger partial charge < -0.3 is 5.73 Å². The van der Waals surface area contributed by atoms with E-state index < -0.39 is 10.0 Å². The lowest BCUT2D eigenvalue weighted by Crippen LogP contribution is -2.38. The third kappa shape index (κ3) is 7.64. The first-order valence-electron chi connectivity index (χ1n) is 5.59. The number of sulfonamides is 1. The molecule has 0 saturated heterocycles. The van der Waals surface area contributed by atoms with E-state index in [2.05, 4.69) is 4.72 Å². The first-order chi connectivity index (χ1) is 7.26. The predicted octanol–water partition coefficient (Wildman–Crippen LogP) is 1.06. The molecule has 96 valence electrons. The molecular weight excluding hydrogens is 226 g/mol. The largest absolute Gasteiger partial charge is 0.388 e. The summed E-state index contributed by atoms with van der Waals surface area (Å²) in [5, 5.41) is 7.15. The van der Waals surface area contributed by atoms with Crippen LogP contribution >= 0.6 is 0 Å². The second kappa shape index (κ2) is 6.85. The summed E-state index contributed by atoms with van der Waals surface area (Å²) in [5.74, 6) is 0.516. The Balaban J connectivity index is 4.26. The van der Waals surface area contributed by atoms with Crippen molar-refractivity contribution >= 4 is 15.9 Å². The summed E-state index contributed by atoms with van der Waals surface area (Å²) in [6.45, 7) is 5.85. The van der Waals surface area contributed by atoms with Crippen molar-refractivity contribution in [1.29, 1.82) is 5.41 Å². The molecule has 16 heavy (non-hydrogen) atoms. The van der Waals surface area contributed by atoms with Gasteiger partial charge in [-0.05, 0) is 18.8 Å². The summed E-state index contributed by atoms with van der Waals surface area (Å²) >= 11 is 0. The minimum atomic E-state index is -3.24. The first kappa shape index (κ1) is 15.4. The number of hydrogen-bond acceptors (Lipinski definition) is 3. The van der Waals surface area contributed by atoms with Gasteiger partial charge in [0.25, 0.3) is 0 Å². The Hall–Kier alpha value is -0.620. The van der Waals surface area contributed by atoms with E-state index in [1.54, 1.807) is 0 Å². The lowest BCUT2D eigenvalue weighted by atomic mass is 10.1. The monoisotopic (exact) mass is 249 g/mol. The van der Waals surface area contributed by atoms with Crippen LogP contribution in [0.15, 0.2) is 0 Å². The number of amidine groups is 1. The van der Waals surface area contributed by atoms with Crippen molar-refractivity contribution in [2.75, 3.05) is 5.75 Å². The van der Waals surface area contributed by atoms with Crippen LogP contribution in [0.2, 0.25) is 0 Å². The van der Waals surface area contributed by atoms with E-state index >= 15 is 0 Å². The first-order valence-corrected chi connectivity index (χ1v) is 7.25. The Morgan fingerprint density at radius 3 is 2.38 bits per heavy atom. The smallest absolute Gasteiger partial charge is 0.211 e. The molecule has 6 heteroatoms. The summed E-state index contributed by atoms with van der Waals surface area (Å²) in [6.07, 6.45) is 1.56. The maximum atomic E-state index is 11.7. The molecule has 0 aliphatic carbocycles. The van der Waals surface area contributed by atoms with Crippen LogP contribution in [0.25, 0.3) is 0 Å². The highest BCUT2D eigenvalue weighted by atomic mass is 32.2. The standard InChI is InChI=1S/C10H23N3O2S/c1-4-9(7-10(11)12)13-16(14,15)6-5-8(2)3/h8-9,13H,4-7H2,1-3H3,(H3,11,12). The minimum Gasteiger partial charge on any atom is -0.388 e. The maximum Gasteiger partial charge on any atom is 0.211 e. The normalized spacial score (nSPS) is 14.0. The van der Waals surface area contributed by atoms with E-state index in [1.165, 1.54) is 0 Å². The van der Waals surface area contributed by atoms with Gasteiger partial charge in [-0.1, -0.05) is 20.8 Å². The number of rotatable bonds is 8. The van der Waals surface area contributed by atoms with Crippen LogP contribution in [0.3, 0.4) is 0 Å². The lowest BCUT2D eigenvalue weighted by molar-refractivity contribution is 0.533. The third-order valence-electron chi connectivity index (χ3n) is 2.27. The minimum absolute atomic E-state index is 0.0124. The summed E-state index contributed by atoms with van der Waals surface area (Å²) in [4.78, 5) is 0. The summed E-state index contributed by atoms with van der Waals surface area (Å²) in [7, 11) is -3.24. The molecule has 0 aromatic rings. The average molecular weight is 249 g/mol. The van der Waals surface area contributed by atoms with Crippen molar-refractivity contribution in [3.63, 3.8) is 0 Å². The molecule has 0 aliphatic rings. The van der Waals surface area contributed by atoms with Crippen LogP contribution in [0.4, 0.5) is 0 Å². The molecule has 0 saturated carbocycles. The molecule has 0 radical (unpaired) electrons. The number of nitrogens with one attached hydrogen (secondary N) is 2. The van der Waals surface area contributed by atoms with Gasteiger partial charge in [0.15, 0.2) is 0 Å². The van der Waals surface area contributed by atoms with Crippen LogP contribution < -0.4 is 10.5 Å². The highest BCUT2D eigenvalue weighted by molar-refractivity contribution is 7.89. The molecule has 0 aromatic heterocycles. The highest BCUT2D eigenvalue weighted by Gasteiger charge is 2.17. The van der Waals surface area contributed by atoms with Crippen molar-refractivity contribution < 1.29 is 8.42 Å². The topological polar surface area (TPSA) is 96.0 Å². The molecule has 5 nitrogen and oxygen atoms in total. The molecule has 0 fully saturated rings. The molecule has 0 aromatic carbocycles. The van der Waals surface area contributed by atoms with E-state index in [4.69, 9.17) is 11.1 Å². The van der Waals surface area contributed by atoms with Gasteiger partial charge in [-0.3, -0.25) is 5.41 Å². The van der Waals surface area contributed by atoms with Gasteiger partial charge >= 0.3 is 0 Å². The Kier molecular flexibility index (Phi) is 6.59. The van der Waals surface area contributed by atoms with Crippen molar-refractivity contribution in [2.45, 2.75) is 46.1 Å². The highest BCUT2D eigenvalue weighted by Crippen LogP contribution is 2.05. The Bertz CT molecular complexity index is 312. The van der Waals surface area contributed by atoms with E-state index in [1.807, 2.05) is 20.8 Å². The van der Waals surface area contributed by atoms with Crippen molar-refractivity contribution in [2.24, 2.45) is 11.7 Å². The number of hydrogen-bond donors (Lipinski definition) is 3. The van der Waals surface area contributed by atoms with Crippen LogP contribution in [0, 0.1) is 11.3 Å². The molecule has 0 heterocycles. The fourth-order valence-corrected chi connectivity index (χ4v) is 2.90. The van der Waals surface area contributed by atoms with Crippen LogP contribution in [0.5, 0.6) is 0 Å². The van der Waals surface area contributed by atoms with Gasteiger partial charge in [0.05, 0.1) is 11.6 Å². The van der Waals surface area contributed by atoms with Crippen molar-refractivity contribution in [3.05, 3.63) is 0 Å². The van der Waals surface area contributed by atoms with Crippen LogP contribution in [-0.2, 0) is 10.0 Å². The molecule has 0 spiro atoms. The fraction of sp³-hybridized carbons (Fsp3) is 0.900. The second-order valence-electron chi connectivity index (χ2n) is 4.45. The molecule has 4 N–H and O–H groups in total. The molecular formula is C10H23N3O2S. The Labute approximate surface area is 98.4 Å². The van der Waals surface area contributed by atoms with Crippen molar-refractivity contribution in [3.8, 4) is 0 Å². The summed E-state index contributed by atoms with van der Waals surface area (Å²) in [6, 6.07) is -0.255. The van der Waals surface area contributed by atoms with E-state index in [9.17, 15) is 8.42 Å². The quantitative estimate of drug-likeness (QED) is 0.443. The van der Waals surface area contributed by atoms with Gasteiger partial charge in [0.2, 0.25) is 10.0 Å². The van der Waals surface area contributed by atoms with E-state index in [-0.39, 0.29) is 24.1 Å². The van der Waals surface area contributed by atoms with Gasteiger partial charge in [-0.2, -0.15) is 0 Å². The summed E-state index contributed by atoms with van der Waals surface area (Å²) in [5.41, 5.74) is 5.26. The van der Waals surface area contributed by atoms with Gasteiger partial charge in [-0.15, -0.1) is 0 Å². The lowest BCUT2D eigenvalue weighted by Gasteiger charge is -2.16. The zero-order valence-electron chi connectivity index (χ0n) is 10.3. The zero-order chi connectivity index (χ0) is 12.8. The summed E-state index contributed by atoms with van der Waals surface area (Å²) < 4.78 is 25.9. The molecule has 0 amide bonds. The molecule has 0 rings (SSSR count). The average Bonchev–Trinajstić information content (AvgIpc) is 2.13. The predicted molar refractivity (Wildman–Crippen MR) is 67.0 cm³/mol. The third-order valence-corrected chi connectivity index (χ3v) is 3.73.